The van der Waals surface area contributed by atoms with Gasteiger partial charge in [0.25, 0.3) is 0 Å². The highest BCUT2D eigenvalue weighted by atomic mass is 16.5. The number of ether oxygens (including phenoxy) is 2. The van der Waals surface area contributed by atoms with Gasteiger partial charge in [-0.3, -0.25) is 9.48 Å². The van der Waals surface area contributed by atoms with E-state index in [1.54, 1.807) is 7.11 Å². The number of carbonyl (C=O) groups is 1. The second kappa shape index (κ2) is 8.57. The maximum atomic E-state index is 12.9. The predicted octanol–water partition coefficient (Wildman–Crippen LogP) is 2.84. The third kappa shape index (κ3) is 4.30. The van der Waals surface area contributed by atoms with Crippen molar-refractivity contribution in [1.82, 2.24) is 19.7 Å². The standard InChI is InChI=1S/C23H26N4O3/c1-16-6-4-9-22(24-16)30-15-20-19-14-27(11-10-21(19)26(2)25-20)23(28)13-17-7-5-8-18(12-17)29-3/h4-9,12H,10-11,13-15H2,1-3H3. The number of amides is 1. The third-order valence-corrected chi connectivity index (χ3v) is 5.39. The highest BCUT2D eigenvalue weighted by Gasteiger charge is 2.27. The van der Waals surface area contributed by atoms with Gasteiger partial charge < -0.3 is 14.4 Å². The zero-order valence-corrected chi connectivity index (χ0v) is 17.6. The summed E-state index contributed by atoms with van der Waals surface area (Å²) in [4.78, 5) is 19.2. The average Bonchev–Trinajstić information content (AvgIpc) is 3.07. The summed E-state index contributed by atoms with van der Waals surface area (Å²) in [5, 5.41) is 4.64. The van der Waals surface area contributed by atoms with E-state index in [1.807, 2.05) is 66.0 Å². The van der Waals surface area contributed by atoms with E-state index in [2.05, 4.69) is 10.1 Å². The van der Waals surface area contributed by atoms with Crippen LogP contribution in [0, 0.1) is 6.92 Å². The van der Waals surface area contributed by atoms with Crippen molar-refractivity contribution >= 4 is 5.91 Å². The number of pyridine rings is 1. The number of hydrogen-bond acceptors (Lipinski definition) is 5. The van der Waals surface area contributed by atoms with Crippen LogP contribution < -0.4 is 9.47 Å². The van der Waals surface area contributed by atoms with Crippen LogP contribution in [0.1, 0.15) is 28.2 Å². The summed E-state index contributed by atoms with van der Waals surface area (Å²) in [5.74, 6) is 1.44. The normalized spacial score (nSPS) is 13.1. The smallest absolute Gasteiger partial charge is 0.227 e. The molecular weight excluding hydrogens is 380 g/mol. The van der Waals surface area contributed by atoms with Crippen molar-refractivity contribution in [2.45, 2.75) is 32.9 Å². The SMILES string of the molecule is COc1cccc(CC(=O)N2CCc3c(c(COc4cccc(C)n4)nn3C)C2)c1. The fraction of sp³-hybridized carbons (Fsp3) is 0.348. The van der Waals surface area contributed by atoms with Gasteiger partial charge in [-0.05, 0) is 30.7 Å². The molecule has 0 unspecified atom stereocenters. The second-order valence-corrected chi connectivity index (χ2v) is 7.50. The van der Waals surface area contributed by atoms with Crippen LogP contribution in [0.15, 0.2) is 42.5 Å². The van der Waals surface area contributed by atoms with Gasteiger partial charge in [-0.2, -0.15) is 5.10 Å². The first-order valence-corrected chi connectivity index (χ1v) is 10.0. The van der Waals surface area contributed by atoms with E-state index in [0.717, 1.165) is 40.4 Å². The van der Waals surface area contributed by atoms with Crippen molar-refractivity contribution in [1.29, 1.82) is 0 Å². The van der Waals surface area contributed by atoms with Crippen molar-refractivity contribution in [3.05, 3.63) is 70.7 Å². The Bertz CT molecular complexity index is 1060. The number of benzene rings is 1. The van der Waals surface area contributed by atoms with Crippen molar-refractivity contribution in [3.63, 3.8) is 0 Å². The molecule has 0 saturated carbocycles. The Balaban J connectivity index is 1.46. The van der Waals surface area contributed by atoms with Gasteiger partial charge >= 0.3 is 0 Å². The molecular formula is C23H26N4O3. The minimum Gasteiger partial charge on any atom is -0.497 e. The summed E-state index contributed by atoms with van der Waals surface area (Å²) < 4.78 is 13.0. The number of aromatic nitrogens is 3. The topological polar surface area (TPSA) is 69.5 Å². The van der Waals surface area contributed by atoms with Gasteiger partial charge in [-0.1, -0.05) is 18.2 Å². The minimum atomic E-state index is 0.102. The number of carbonyl (C=O) groups excluding carboxylic acids is 1. The number of nitrogens with zero attached hydrogens (tertiary/aromatic N) is 4. The zero-order valence-electron chi connectivity index (χ0n) is 17.6. The van der Waals surface area contributed by atoms with Crippen LogP contribution in [-0.2, 0) is 37.8 Å². The van der Waals surface area contributed by atoms with Crippen LogP contribution in [0.2, 0.25) is 0 Å². The van der Waals surface area contributed by atoms with Crippen LogP contribution in [-0.4, -0.2) is 39.2 Å². The number of fused-ring (bicyclic) bond motifs is 1. The number of hydrogen-bond donors (Lipinski definition) is 0. The lowest BCUT2D eigenvalue weighted by Crippen LogP contribution is -2.37. The summed E-state index contributed by atoms with van der Waals surface area (Å²) >= 11 is 0. The molecule has 3 heterocycles. The Morgan fingerprint density at radius 3 is 2.83 bits per heavy atom. The van der Waals surface area contributed by atoms with Gasteiger partial charge in [0.15, 0.2) is 0 Å². The maximum absolute atomic E-state index is 12.9. The molecule has 30 heavy (non-hydrogen) atoms. The third-order valence-electron chi connectivity index (χ3n) is 5.39. The molecule has 0 bridgehead atoms. The fourth-order valence-electron chi connectivity index (χ4n) is 3.81. The molecule has 7 heteroatoms. The number of rotatable bonds is 6. The summed E-state index contributed by atoms with van der Waals surface area (Å²) in [6.07, 6.45) is 1.14. The summed E-state index contributed by atoms with van der Waals surface area (Å²) in [7, 11) is 3.58. The molecule has 4 rings (SSSR count). The van der Waals surface area contributed by atoms with Gasteiger partial charge in [0.2, 0.25) is 11.8 Å². The first-order chi connectivity index (χ1) is 14.5. The Kier molecular flexibility index (Phi) is 5.70. The van der Waals surface area contributed by atoms with Crippen LogP contribution in [0.5, 0.6) is 11.6 Å². The van der Waals surface area contributed by atoms with E-state index in [1.165, 1.54) is 0 Å². The van der Waals surface area contributed by atoms with Crippen molar-refractivity contribution in [2.75, 3.05) is 13.7 Å². The summed E-state index contributed by atoms with van der Waals surface area (Å²) in [5.41, 5.74) is 4.96. The molecule has 0 fully saturated rings. The molecule has 0 spiro atoms. The van der Waals surface area contributed by atoms with Gasteiger partial charge in [-0.25, -0.2) is 4.98 Å². The Labute approximate surface area is 176 Å². The van der Waals surface area contributed by atoms with Crippen molar-refractivity contribution < 1.29 is 14.3 Å². The quantitative estimate of drug-likeness (QED) is 0.630. The molecule has 0 saturated heterocycles. The van der Waals surface area contributed by atoms with E-state index in [-0.39, 0.29) is 5.91 Å². The Morgan fingerprint density at radius 2 is 2.03 bits per heavy atom. The molecule has 156 valence electrons. The zero-order chi connectivity index (χ0) is 21.1. The second-order valence-electron chi connectivity index (χ2n) is 7.50. The van der Waals surface area contributed by atoms with E-state index < -0.39 is 0 Å². The Morgan fingerprint density at radius 1 is 1.20 bits per heavy atom. The molecule has 7 nitrogen and oxygen atoms in total. The lowest BCUT2D eigenvalue weighted by Gasteiger charge is -2.28. The van der Waals surface area contributed by atoms with Crippen LogP contribution >= 0.6 is 0 Å². The highest BCUT2D eigenvalue weighted by molar-refractivity contribution is 5.79. The molecule has 1 aromatic carbocycles. The van der Waals surface area contributed by atoms with Crippen LogP contribution in [0.3, 0.4) is 0 Å². The number of aryl methyl sites for hydroxylation is 2. The van der Waals surface area contributed by atoms with Gasteiger partial charge in [0.05, 0.1) is 13.5 Å². The minimum absolute atomic E-state index is 0.102. The molecule has 1 amide bonds. The average molecular weight is 406 g/mol. The molecule has 1 aliphatic rings. The monoisotopic (exact) mass is 406 g/mol. The van der Waals surface area contributed by atoms with Crippen molar-refractivity contribution in [2.24, 2.45) is 7.05 Å². The molecule has 2 aromatic heterocycles. The fourth-order valence-corrected chi connectivity index (χ4v) is 3.81. The summed E-state index contributed by atoms with van der Waals surface area (Å²) in [6, 6.07) is 13.3. The highest BCUT2D eigenvalue weighted by Crippen LogP contribution is 2.24. The van der Waals surface area contributed by atoms with Gasteiger partial charge in [-0.15, -0.1) is 0 Å². The van der Waals surface area contributed by atoms with Crippen LogP contribution in [0.25, 0.3) is 0 Å². The van der Waals surface area contributed by atoms with E-state index >= 15 is 0 Å². The molecule has 3 aromatic rings. The van der Waals surface area contributed by atoms with Crippen molar-refractivity contribution in [3.8, 4) is 11.6 Å². The predicted molar refractivity (Wildman–Crippen MR) is 112 cm³/mol. The largest absolute Gasteiger partial charge is 0.497 e. The van der Waals surface area contributed by atoms with E-state index in [0.29, 0.717) is 32.0 Å². The molecule has 0 aliphatic carbocycles. The molecule has 0 radical (unpaired) electrons. The van der Waals surface area contributed by atoms with Gasteiger partial charge in [0.1, 0.15) is 18.1 Å². The lowest BCUT2D eigenvalue weighted by molar-refractivity contribution is -0.131. The van der Waals surface area contributed by atoms with Gasteiger partial charge in [0, 0.05) is 49.6 Å². The lowest BCUT2D eigenvalue weighted by atomic mass is 10.0. The molecule has 1 aliphatic heterocycles. The van der Waals surface area contributed by atoms with E-state index in [9.17, 15) is 4.79 Å². The van der Waals surface area contributed by atoms with E-state index in [4.69, 9.17) is 9.47 Å². The van der Waals surface area contributed by atoms with Crippen LogP contribution in [0.4, 0.5) is 0 Å². The molecule has 0 atom stereocenters. The first kappa shape index (κ1) is 19.9. The summed E-state index contributed by atoms with van der Waals surface area (Å²) in [6.45, 7) is 3.50. The molecule has 0 N–H and O–H groups in total. The Hall–Kier alpha value is -3.35. The maximum Gasteiger partial charge on any atom is 0.227 e. The number of methoxy groups -OCH3 is 1. The first-order valence-electron chi connectivity index (χ1n) is 10.0.